The molecule has 1 aromatic heterocycles. The molecule has 2 heterocycles. The van der Waals surface area contributed by atoms with Crippen LogP contribution >= 0.6 is 0 Å². The van der Waals surface area contributed by atoms with Crippen LogP contribution in [-0.4, -0.2) is 53.0 Å². The Labute approximate surface area is 104 Å². The first-order valence-electron chi connectivity index (χ1n) is 6.54. The van der Waals surface area contributed by atoms with Gasteiger partial charge in [-0.1, -0.05) is 6.42 Å². The maximum absolute atomic E-state index is 4.36. The number of rotatable bonds is 4. The molecule has 1 aromatic rings. The predicted molar refractivity (Wildman–Crippen MR) is 69.9 cm³/mol. The fourth-order valence-electron chi connectivity index (χ4n) is 2.60. The SMILES string of the molecule is Cc1[nH]cnc1CN(C)CC1CCCCN1C. The smallest absolute Gasteiger partial charge is 0.0925 e. The van der Waals surface area contributed by atoms with Crippen LogP contribution in [0, 0.1) is 6.92 Å². The Morgan fingerprint density at radius 2 is 2.35 bits per heavy atom. The highest BCUT2D eigenvalue weighted by Gasteiger charge is 2.20. The Kier molecular flexibility index (Phi) is 4.18. The molecule has 17 heavy (non-hydrogen) atoms. The summed E-state index contributed by atoms with van der Waals surface area (Å²) in [6, 6.07) is 0.716. The van der Waals surface area contributed by atoms with Crippen LogP contribution in [0.25, 0.3) is 0 Å². The van der Waals surface area contributed by atoms with E-state index >= 15 is 0 Å². The van der Waals surface area contributed by atoms with Crippen molar-refractivity contribution in [2.24, 2.45) is 0 Å². The Balaban J connectivity index is 1.84. The summed E-state index contributed by atoms with van der Waals surface area (Å²) in [7, 11) is 4.44. The third-order valence-electron chi connectivity index (χ3n) is 3.80. The number of nitrogens with one attached hydrogen (secondary N) is 1. The molecule has 1 saturated heterocycles. The molecule has 2 rings (SSSR count). The minimum Gasteiger partial charge on any atom is -0.348 e. The lowest BCUT2D eigenvalue weighted by molar-refractivity contribution is 0.138. The zero-order valence-corrected chi connectivity index (χ0v) is 11.2. The summed E-state index contributed by atoms with van der Waals surface area (Å²) >= 11 is 0. The second-order valence-corrected chi connectivity index (χ2v) is 5.30. The third kappa shape index (κ3) is 3.30. The molecule has 0 spiro atoms. The van der Waals surface area contributed by atoms with Crippen molar-refractivity contribution in [2.75, 3.05) is 27.2 Å². The lowest BCUT2D eigenvalue weighted by atomic mass is 10.0. The summed E-state index contributed by atoms with van der Waals surface area (Å²) in [5, 5.41) is 0. The van der Waals surface area contributed by atoms with Gasteiger partial charge in [0.1, 0.15) is 0 Å². The van der Waals surface area contributed by atoms with Crippen molar-refractivity contribution < 1.29 is 0 Å². The second kappa shape index (κ2) is 5.65. The van der Waals surface area contributed by atoms with E-state index in [1.54, 1.807) is 6.33 Å². The highest BCUT2D eigenvalue weighted by molar-refractivity contribution is 5.08. The molecule has 1 N–H and O–H groups in total. The standard InChI is InChI=1S/C13H24N4/c1-11-13(15-10-14-11)9-16(2)8-12-6-4-5-7-17(12)3/h10,12H,4-9H2,1-3H3,(H,14,15). The quantitative estimate of drug-likeness (QED) is 0.863. The van der Waals surface area contributed by atoms with Crippen LogP contribution in [0.2, 0.25) is 0 Å². The van der Waals surface area contributed by atoms with E-state index < -0.39 is 0 Å². The van der Waals surface area contributed by atoms with Crippen molar-refractivity contribution in [3.63, 3.8) is 0 Å². The summed E-state index contributed by atoms with van der Waals surface area (Å²) < 4.78 is 0. The molecule has 1 unspecified atom stereocenters. The maximum atomic E-state index is 4.36. The number of hydrogen-bond donors (Lipinski definition) is 1. The van der Waals surface area contributed by atoms with Gasteiger partial charge in [-0.05, 0) is 40.4 Å². The number of nitrogens with zero attached hydrogens (tertiary/aromatic N) is 3. The van der Waals surface area contributed by atoms with E-state index in [9.17, 15) is 0 Å². The number of aryl methyl sites for hydroxylation is 1. The predicted octanol–water partition coefficient (Wildman–Crippen LogP) is 1.63. The molecular formula is C13H24N4. The molecule has 0 aliphatic carbocycles. The average molecular weight is 236 g/mol. The second-order valence-electron chi connectivity index (χ2n) is 5.30. The van der Waals surface area contributed by atoms with Crippen molar-refractivity contribution >= 4 is 0 Å². The van der Waals surface area contributed by atoms with Gasteiger partial charge in [-0.25, -0.2) is 4.98 Å². The Hall–Kier alpha value is -0.870. The number of likely N-dealkylation sites (tertiary alicyclic amines) is 1. The zero-order valence-electron chi connectivity index (χ0n) is 11.2. The van der Waals surface area contributed by atoms with E-state index in [1.165, 1.54) is 37.2 Å². The molecule has 0 bridgehead atoms. The highest BCUT2D eigenvalue weighted by Crippen LogP contribution is 2.16. The number of likely N-dealkylation sites (N-methyl/N-ethyl adjacent to an activating group) is 2. The molecule has 1 aliphatic rings. The van der Waals surface area contributed by atoms with E-state index in [2.05, 4.69) is 40.8 Å². The van der Waals surface area contributed by atoms with Gasteiger partial charge in [0.2, 0.25) is 0 Å². The van der Waals surface area contributed by atoms with Crippen molar-refractivity contribution in [1.29, 1.82) is 0 Å². The van der Waals surface area contributed by atoms with Gasteiger partial charge in [0, 0.05) is 24.8 Å². The fraction of sp³-hybridized carbons (Fsp3) is 0.769. The van der Waals surface area contributed by atoms with E-state index in [1.807, 2.05) is 0 Å². The molecule has 1 aliphatic heterocycles. The summed E-state index contributed by atoms with van der Waals surface area (Å²) in [6.07, 6.45) is 5.85. The van der Waals surface area contributed by atoms with Crippen molar-refractivity contribution in [3.05, 3.63) is 17.7 Å². The van der Waals surface area contributed by atoms with Gasteiger partial charge in [0.05, 0.1) is 12.0 Å². The van der Waals surface area contributed by atoms with E-state index in [4.69, 9.17) is 0 Å². The first-order chi connectivity index (χ1) is 8.16. The number of aromatic nitrogens is 2. The van der Waals surface area contributed by atoms with Gasteiger partial charge in [-0.3, -0.25) is 4.90 Å². The van der Waals surface area contributed by atoms with Crippen LogP contribution in [0.15, 0.2) is 6.33 Å². The van der Waals surface area contributed by atoms with Gasteiger partial charge in [0.15, 0.2) is 0 Å². The monoisotopic (exact) mass is 236 g/mol. The van der Waals surface area contributed by atoms with E-state index in [-0.39, 0.29) is 0 Å². The van der Waals surface area contributed by atoms with E-state index in [0.29, 0.717) is 6.04 Å². The summed E-state index contributed by atoms with van der Waals surface area (Å²) in [5.74, 6) is 0. The van der Waals surface area contributed by atoms with Crippen molar-refractivity contribution in [1.82, 2.24) is 19.8 Å². The van der Waals surface area contributed by atoms with Crippen LogP contribution in [0.5, 0.6) is 0 Å². The lowest BCUT2D eigenvalue weighted by Crippen LogP contribution is -2.43. The number of piperidine rings is 1. The topological polar surface area (TPSA) is 35.2 Å². The van der Waals surface area contributed by atoms with Crippen LogP contribution in [0.1, 0.15) is 30.7 Å². The minimum absolute atomic E-state index is 0.716. The third-order valence-corrected chi connectivity index (χ3v) is 3.80. The number of aromatic amines is 1. The fourth-order valence-corrected chi connectivity index (χ4v) is 2.60. The molecule has 4 nitrogen and oxygen atoms in total. The number of hydrogen-bond acceptors (Lipinski definition) is 3. The van der Waals surface area contributed by atoms with Crippen LogP contribution < -0.4 is 0 Å². The molecule has 1 fully saturated rings. The largest absolute Gasteiger partial charge is 0.348 e. The molecule has 4 heteroatoms. The minimum atomic E-state index is 0.716. The maximum Gasteiger partial charge on any atom is 0.0925 e. The number of H-pyrrole nitrogens is 1. The van der Waals surface area contributed by atoms with Gasteiger partial charge < -0.3 is 9.88 Å². The van der Waals surface area contributed by atoms with Crippen molar-refractivity contribution in [3.8, 4) is 0 Å². The van der Waals surface area contributed by atoms with Crippen LogP contribution in [-0.2, 0) is 6.54 Å². The van der Waals surface area contributed by atoms with Gasteiger partial charge >= 0.3 is 0 Å². The molecule has 0 aromatic carbocycles. The van der Waals surface area contributed by atoms with Crippen molar-refractivity contribution in [2.45, 2.75) is 38.8 Å². The van der Waals surface area contributed by atoms with Gasteiger partial charge in [0.25, 0.3) is 0 Å². The summed E-state index contributed by atoms with van der Waals surface area (Å²) in [6.45, 7) is 5.42. The summed E-state index contributed by atoms with van der Waals surface area (Å²) in [5.41, 5.74) is 2.36. The Morgan fingerprint density at radius 1 is 1.53 bits per heavy atom. The summed E-state index contributed by atoms with van der Waals surface area (Å²) in [4.78, 5) is 12.4. The van der Waals surface area contributed by atoms with Gasteiger partial charge in [-0.15, -0.1) is 0 Å². The Morgan fingerprint density at radius 3 is 3.00 bits per heavy atom. The molecule has 0 saturated carbocycles. The Bertz CT molecular complexity index is 347. The first-order valence-corrected chi connectivity index (χ1v) is 6.54. The van der Waals surface area contributed by atoms with Gasteiger partial charge in [-0.2, -0.15) is 0 Å². The van der Waals surface area contributed by atoms with Crippen LogP contribution in [0.3, 0.4) is 0 Å². The molecule has 0 amide bonds. The average Bonchev–Trinajstić information content (AvgIpc) is 2.68. The van der Waals surface area contributed by atoms with E-state index in [0.717, 1.165) is 13.1 Å². The first kappa shape index (κ1) is 12.6. The highest BCUT2D eigenvalue weighted by atomic mass is 15.2. The molecule has 1 atom stereocenters. The normalized spacial score (nSPS) is 22.2. The lowest BCUT2D eigenvalue weighted by Gasteiger charge is -2.35. The molecule has 0 radical (unpaired) electrons. The molecular weight excluding hydrogens is 212 g/mol. The zero-order chi connectivity index (χ0) is 12.3. The molecule has 96 valence electrons. The number of imidazole rings is 1. The van der Waals surface area contributed by atoms with Crippen LogP contribution in [0.4, 0.5) is 0 Å².